The molecule has 2 aromatic rings. The molecule has 0 saturated carbocycles. The average Bonchev–Trinajstić information content (AvgIpc) is 2.27. The molecule has 0 bridgehead atoms. The van der Waals surface area contributed by atoms with E-state index in [1.807, 2.05) is 18.2 Å². The number of rotatable bonds is 2. The van der Waals surface area contributed by atoms with Crippen LogP contribution in [0, 0.1) is 13.8 Å². The van der Waals surface area contributed by atoms with E-state index in [1.165, 1.54) is 11.1 Å². The minimum atomic E-state index is 0.493. The predicted octanol–water partition coefficient (Wildman–Crippen LogP) is 3.07. The molecule has 1 aromatic carbocycles. The van der Waals surface area contributed by atoms with Crippen LogP contribution in [0.25, 0.3) is 0 Å². The number of pyridine rings is 1. The predicted molar refractivity (Wildman–Crippen MR) is 64.6 cm³/mol. The zero-order chi connectivity index (χ0) is 11.5. The maximum Gasteiger partial charge on any atom is 0.145 e. The molecule has 0 aliphatic heterocycles. The fraction of sp³-hybridized carbons (Fsp3) is 0.154. The summed E-state index contributed by atoms with van der Waals surface area (Å²) in [7, 11) is 0. The molecule has 0 saturated heterocycles. The van der Waals surface area contributed by atoms with Crippen molar-refractivity contribution in [1.82, 2.24) is 4.98 Å². The zero-order valence-electron chi connectivity index (χ0n) is 9.40. The standard InChI is InChI=1S/C13H14N2O/c1-9-3-4-11(7-10(9)2)16-12-5-6-13(14)15-8-12/h3-8H,1-2H3,(H2,14,15). The van der Waals surface area contributed by atoms with Crippen molar-refractivity contribution < 1.29 is 4.74 Å². The van der Waals surface area contributed by atoms with E-state index in [2.05, 4.69) is 18.8 Å². The van der Waals surface area contributed by atoms with Crippen LogP contribution < -0.4 is 10.5 Å². The SMILES string of the molecule is Cc1ccc(Oc2ccc(N)nc2)cc1C. The Morgan fingerprint density at radius 2 is 1.75 bits per heavy atom. The van der Waals surface area contributed by atoms with Crippen molar-refractivity contribution in [2.75, 3.05) is 5.73 Å². The minimum absolute atomic E-state index is 0.493. The number of hydrogen-bond acceptors (Lipinski definition) is 3. The van der Waals surface area contributed by atoms with Crippen molar-refractivity contribution in [3.63, 3.8) is 0 Å². The molecular formula is C13H14N2O. The Hall–Kier alpha value is -2.03. The first-order valence-corrected chi connectivity index (χ1v) is 5.12. The van der Waals surface area contributed by atoms with Gasteiger partial charge in [-0.2, -0.15) is 0 Å². The molecule has 0 aliphatic rings. The molecule has 16 heavy (non-hydrogen) atoms. The molecule has 0 aliphatic carbocycles. The molecule has 2 N–H and O–H groups in total. The summed E-state index contributed by atoms with van der Waals surface area (Å²) in [4.78, 5) is 3.97. The Balaban J connectivity index is 2.20. The number of hydrogen-bond donors (Lipinski definition) is 1. The largest absolute Gasteiger partial charge is 0.456 e. The van der Waals surface area contributed by atoms with Crippen LogP contribution in [-0.4, -0.2) is 4.98 Å². The third-order valence-electron chi connectivity index (χ3n) is 2.47. The van der Waals surface area contributed by atoms with Gasteiger partial charge >= 0.3 is 0 Å². The van der Waals surface area contributed by atoms with Crippen LogP contribution in [0.1, 0.15) is 11.1 Å². The summed E-state index contributed by atoms with van der Waals surface area (Å²) in [5.74, 6) is 2.00. The first kappa shape index (κ1) is 10.5. The highest BCUT2D eigenvalue weighted by atomic mass is 16.5. The highest BCUT2D eigenvalue weighted by Gasteiger charge is 1.99. The van der Waals surface area contributed by atoms with Gasteiger partial charge in [0.15, 0.2) is 0 Å². The molecule has 3 heteroatoms. The number of nitrogens with zero attached hydrogens (tertiary/aromatic N) is 1. The Kier molecular flexibility index (Phi) is 2.77. The number of nitrogen functional groups attached to an aromatic ring is 1. The molecule has 0 atom stereocenters. The maximum absolute atomic E-state index is 5.65. The van der Waals surface area contributed by atoms with E-state index in [0.29, 0.717) is 11.6 Å². The molecule has 82 valence electrons. The van der Waals surface area contributed by atoms with Gasteiger partial charge in [0.25, 0.3) is 0 Å². The summed E-state index contributed by atoms with van der Waals surface area (Å²) < 4.78 is 5.65. The highest BCUT2D eigenvalue weighted by Crippen LogP contribution is 2.23. The number of benzene rings is 1. The van der Waals surface area contributed by atoms with E-state index in [0.717, 1.165) is 5.75 Å². The first-order valence-electron chi connectivity index (χ1n) is 5.12. The van der Waals surface area contributed by atoms with E-state index in [4.69, 9.17) is 10.5 Å². The zero-order valence-corrected chi connectivity index (χ0v) is 9.40. The van der Waals surface area contributed by atoms with Gasteiger partial charge in [0.2, 0.25) is 0 Å². The molecular weight excluding hydrogens is 200 g/mol. The van der Waals surface area contributed by atoms with Gasteiger partial charge in [0.05, 0.1) is 6.20 Å². The summed E-state index contributed by atoms with van der Waals surface area (Å²) in [6, 6.07) is 9.51. The lowest BCUT2D eigenvalue weighted by Crippen LogP contribution is -1.91. The van der Waals surface area contributed by atoms with Gasteiger partial charge < -0.3 is 10.5 Å². The van der Waals surface area contributed by atoms with Crippen molar-refractivity contribution >= 4 is 5.82 Å². The Morgan fingerprint density at radius 1 is 1.00 bits per heavy atom. The molecule has 0 spiro atoms. The summed E-state index contributed by atoms with van der Waals surface area (Å²) in [6.45, 7) is 4.13. The summed E-state index contributed by atoms with van der Waals surface area (Å²) >= 11 is 0. The number of anilines is 1. The Bertz CT molecular complexity index is 492. The van der Waals surface area contributed by atoms with Gasteiger partial charge in [-0.1, -0.05) is 6.07 Å². The van der Waals surface area contributed by atoms with Gasteiger partial charge in [-0.15, -0.1) is 0 Å². The molecule has 1 heterocycles. The first-order chi connectivity index (χ1) is 7.65. The van der Waals surface area contributed by atoms with Crippen LogP contribution in [0.4, 0.5) is 5.82 Å². The lowest BCUT2D eigenvalue weighted by molar-refractivity contribution is 0.480. The van der Waals surface area contributed by atoms with E-state index in [-0.39, 0.29) is 0 Å². The van der Waals surface area contributed by atoms with Crippen LogP contribution in [0.15, 0.2) is 36.5 Å². The van der Waals surface area contributed by atoms with E-state index < -0.39 is 0 Å². The van der Waals surface area contributed by atoms with E-state index in [9.17, 15) is 0 Å². The summed E-state index contributed by atoms with van der Waals surface area (Å²) in [5, 5.41) is 0. The van der Waals surface area contributed by atoms with Crippen molar-refractivity contribution in [2.24, 2.45) is 0 Å². The molecule has 3 nitrogen and oxygen atoms in total. The summed E-state index contributed by atoms with van der Waals surface area (Å²) in [6.07, 6.45) is 1.62. The molecule has 1 aromatic heterocycles. The second kappa shape index (κ2) is 4.23. The fourth-order valence-electron chi connectivity index (χ4n) is 1.37. The number of aromatic nitrogens is 1. The molecule has 0 fully saturated rings. The van der Waals surface area contributed by atoms with Crippen LogP contribution in [0.3, 0.4) is 0 Å². The maximum atomic E-state index is 5.65. The quantitative estimate of drug-likeness (QED) is 0.835. The Labute approximate surface area is 94.9 Å². The van der Waals surface area contributed by atoms with Gasteiger partial charge in [0.1, 0.15) is 17.3 Å². The van der Waals surface area contributed by atoms with Gasteiger partial charge in [0, 0.05) is 0 Å². The second-order valence-electron chi connectivity index (χ2n) is 3.77. The van der Waals surface area contributed by atoms with Crippen molar-refractivity contribution in [3.05, 3.63) is 47.7 Å². The fourth-order valence-corrected chi connectivity index (χ4v) is 1.37. The lowest BCUT2D eigenvalue weighted by Gasteiger charge is -2.07. The normalized spacial score (nSPS) is 10.1. The molecule has 2 rings (SSSR count). The number of aryl methyl sites for hydroxylation is 2. The Morgan fingerprint density at radius 3 is 2.38 bits per heavy atom. The van der Waals surface area contributed by atoms with Gasteiger partial charge in [-0.25, -0.2) is 4.98 Å². The minimum Gasteiger partial charge on any atom is -0.456 e. The monoisotopic (exact) mass is 214 g/mol. The highest BCUT2D eigenvalue weighted by molar-refractivity contribution is 5.38. The third-order valence-corrected chi connectivity index (χ3v) is 2.47. The van der Waals surface area contributed by atoms with Crippen LogP contribution in [0.5, 0.6) is 11.5 Å². The molecule has 0 unspecified atom stereocenters. The molecule has 0 amide bonds. The number of nitrogens with two attached hydrogens (primary N) is 1. The summed E-state index contributed by atoms with van der Waals surface area (Å²) in [5.41, 5.74) is 7.96. The average molecular weight is 214 g/mol. The topological polar surface area (TPSA) is 48.1 Å². The second-order valence-corrected chi connectivity index (χ2v) is 3.77. The third kappa shape index (κ3) is 2.31. The number of ether oxygens (including phenoxy) is 1. The van der Waals surface area contributed by atoms with Crippen LogP contribution in [0.2, 0.25) is 0 Å². The van der Waals surface area contributed by atoms with Crippen molar-refractivity contribution in [3.8, 4) is 11.5 Å². The van der Waals surface area contributed by atoms with Gasteiger partial charge in [-0.3, -0.25) is 0 Å². The lowest BCUT2D eigenvalue weighted by atomic mass is 10.1. The van der Waals surface area contributed by atoms with Crippen molar-refractivity contribution in [1.29, 1.82) is 0 Å². The van der Waals surface area contributed by atoms with E-state index >= 15 is 0 Å². The van der Waals surface area contributed by atoms with Crippen molar-refractivity contribution in [2.45, 2.75) is 13.8 Å². The molecule has 0 radical (unpaired) electrons. The van der Waals surface area contributed by atoms with E-state index in [1.54, 1.807) is 18.3 Å². The van der Waals surface area contributed by atoms with Crippen LogP contribution in [-0.2, 0) is 0 Å². The van der Waals surface area contributed by atoms with Crippen LogP contribution >= 0.6 is 0 Å². The van der Waals surface area contributed by atoms with Gasteiger partial charge in [-0.05, 0) is 49.2 Å². The smallest absolute Gasteiger partial charge is 0.145 e.